The molecule has 0 aliphatic heterocycles. The number of carbonyl (C=O) groups is 2. The fourth-order valence-electron chi connectivity index (χ4n) is 2.76. The SMILES string of the molecule is COC(C)(C(N)=O)c1ccc(C(=O)Nc2cc(-c3cccs3)ccc2N)cc1. The van der Waals surface area contributed by atoms with Crippen LogP contribution in [0.1, 0.15) is 22.8 Å². The lowest BCUT2D eigenvalue weighted by Crippen LogP contribution is -2.40. The van der Waals surface area contributed by atoms with E-state index in [1.165, 1.54) is 7.11 Å². The molecule has 0 saturated carbocycles. The third-order valence-corrected chi connectivity index (χ3v) is 5.60. The number of nitrogens with one attached hydrogen (secondary N) is 1. The number of ether oxygens (including phenoxy) is 1. The highest BCUT2D eigenvalue weighted by Gasteiger charge is 2.33. The van der Waals surface area contributed by atoms with Crippen molar-refractivity contribution in [2.24, 2.45) is 5.73 Å². The van der Waals surface area contributed by atoms with Crippen LogP contribution in [-0.4, -0.2) is 18.9 Å². The molecule has 0 aliphatic carbocycles. The zero-order chi connectivity index (χ0) is 20.3. The number of methoxy groups -OCH3 is 1. The zero-order valence-electron chi connectivity index (χ0n) is 15.6. The second-order valence-electron chi connectivity index (χ2n) is 6.41. The molecule has 1 heterocycles. The van der Waals surface area contributed by atoms with Gasteiger partial charge in [0.05, 0.1) is 11.4 Å². The molecule has 0 aliphatic rings. The Balaban J connectivity index is 1.82. The lowest BCUT2D eigenvalue weighted by Gasteiger charge is -2.24. The summed E-state index contributed by atoms with van der Waals surface area (Å²) in [5.41, 5.74) is 13.2. The number of carbonyl (C=O) groups excluding carboxylic acids is 2. The Hall–Kier alpha value is -3.16. The maximum absolute atomic E-state index is 12.6. The zero-order valence-corrected chi connectivity index (χ0v) is 16.4. The monoisotopic (exact) mass is 395 g/mol. The first kappa shape index (κ1) is 19.6. The van der Waals surface area contributed by atoms with Gasteiger partial charge in [0.15, 0.2) is 5.60 Å². The molecule has 1 atom stereocenters. The molecule has 7 heteroatoms. The third-order valence-electron chi connectivity index (χ3n) is 4.68. The number of thiophene rings is 1. The lowest BCUT2D eigenvalue weighted by molar-refractivity contribution is -0.139. The van der Waals surface area contributed by atoms with Crippen molar-refractivity contribution >= 4 is 34.5 Å². The van der Waals surface area contributed by atoms with Gasteiger partial charge in [-0.3, -0.25) is 9.59 Å². The Bertz CT molecular complexity index is 1000. The third kappa shape index (κ3) is 3.76. The van der Waals surface area contributed by atoms with E-state index >= 15 is 0 Å². The van der Waals surface area contributed by atoms with Crippen LogP contribution in [-0.2, 0) is 15.1 Å². The van der Waals surface area contributed by atoms with Crippen molar-refractivity contribution in [1.29, 1.82) is 0 Å². The molecule has 0 saturated heterocycles. The van der Waals surface area contributed by atoms with Crippen LogP contribution in [0, 0.1) is 0 Å². The molecule has 3 rings (SSSR count). The Morgan fingerprint density at radius 3 is 2.39 bits per heavy atom. The number of benzene rings is 2. The number of nitrogen functional groups attached to an aromatic ring is 1. The van der Waals surface area contributed by atoms with Crippen molar-refractivity contribution in [3.8, 4) is 10.4 Å². The number of nitrogens with two attached hydrogens (primary N) is 2. The Labute approximate surface area is 167 Å². The number of amides is 2. The Morgan fingerprint density at radius 2 is 1.82 bits per heavy atom. The molecule has 0 bridgehead atoms. The first-order valence-corrected chi connectivity index (χ1v) is 9.43. The molecule has 0 fully saturated rings. The molecule has 28 heavy (non-hydrogen) atoms. The first-order valence-electron chi connectivity index (χ1n) is 8.55. The fraction of sp³-hybridized carbons (Fsp3) is 0.143. The number of rotatable bonds is 6. The normalized spacial score (nSPS) is 12.9. The van der Waals surface area contributed by atoms with Crippen molar-refractivity contribution in [1.82, 2.24) is 0 Å². The average molecular weight is 395 g/mol. The summed E-state index contributed by atoms with van der Waals surface area (Å²) >= 11 is 1.61. The highest BCUT2D eigenvalue weighted by Crippen LogP contribution is 2.30. The van der Waals surface area contributed by atoms with Crippen LogP contribution in [0.3, 0.4) is 0 Å². The highest BCUT2D eigenvalue weighted by molar-refractivity contribution is 7.13. The molecular weight excluding hydrogens is 374 g/mol. The van der Waals surface area contributed by atoms with Gasteiger partial charge in [-0.15, -0.1) is 11.3 Å². The van der Waals surface area contributed by atoms with Crippen LogP contribution in [0.2, 0.25) is 0 Å². The molecule has 5 N–H and O–H groups in total. The summed E-state index contributed by atoms with van der Waals surface area (Å²) in [6.45, 7) is 1.58. The second kappa shape index (κ2) is 7.84. The second-order valence-corrected chi connectivity index (χ2v) is 7.36. The van der Waals surface area contributed by atoms with E-state index < -0.39 is 11.5 Å². The predicted octanol–water partition coefficient (Wildman–Crippen LogP) is 3.60. The van der Waals surface area contributed by atoms with Gasteiger partial charge in [-0.2, -0.15) is 0 Å². The van der Waals surface area contributed by atoms with Gasteiger partial charge >= 0.3 is 0 Å². The summed E-state index contributed by atoms with van der Waals surface area (Å²) in [4.78, 5) is 25.4. The summed E-state index contributed by atoms with van der Waals surface area (Å²) in [6, 6.07) is 16.0. The molecule has 0 radical (unpaired) electrons. The number of hydrogen-bond donors (Lipinski definition) is 3. The van der Waals surface area contributed by atoms with Crippen molar-refractivity contribution in [3.63, 3.8) is 0 Å². The molecule has 3 aromatic rings. The van der Waals surface area contributed by atoms with Gasteiger partial charge in [0.25, 0.3) is 11.8 Å². The van der Waals surface area contributed by atoms with Crippen LogP contribution in [0.4, 0.5) is 11.4 Å². The van der Waals surface area contributed by atoms with Crippen molar-refractivity contribution in [3.05, 3.63) is 71.1 Å². The van der Waals surface area contributed by atoms with E-state index in [0.29, 0.717) is 22.5 Å². The van der Waals surface area contributed by atoms with Crippen molar-refractivity contribution in [2.75, 3.05) is 18.2 Å². The molecule has 0 spiro atoms. The van der Waals surface area contributed by atoms with Gasteiger partial charge in [0, 0.05) is 17.6 Å². The highest BCUT2D eigenvalue weighted by atomic mass is 32.1. The topological polar surface area (TPSA) is 107 Å². The summed E-state index contributed by atoms with van der Waals surface area (Å²) < 4.78 is 5.25. The minimum absolute atomic E-state index is 0.306. The van der Waals surface area contributed by atoms with Crippen LogP contribution < -0.4 is 16.8 Å². The number of hydrogen-bond acceptors (Lipinski definition) is 5. The van der Waals surface area contributed by atoms with Crippen LogP contribution in [0.5, 0.6) is 0 Å². The van der Waals surface area contributed by atoms with Gasteiger partial charge in [0.2, 0.25) is 0 Å². The molecule has 1 aromatic heterocycles. The van der Waals surface area contributed by atoms with Crippen molar-refractivity contribution in [2.45, 2.75) is 12.5 Å². The fourth-order valence-corrected chi connectivity index (χ4v) is 3.48. The van der Waals surface area contributed by atoms with E-state index in [1.807, 2.05) is 29.6 Å². The molecule has 2 amide bonds. The van der Waals surface area contributed by atoms with E-state index in [2.05, 4.69) is 5.32 Å². The Morgan fingerprint density at radius 1 is 1.11 bits per heavy atom. The van der Waals surface area contributed by atoms with E-state index in [1.54, 1.807) is 48.6 Å². The van der Waals surface area contributed by atoms with Crippen LogP contribution in [0.25, 0.3) is 10.4 Å². The molecule has 2 aromatic carbocycles. The first-order chi connectivity index (χ1) is 13.3. The van der Waals surface area contributed by atoms with E-state index in [-0.39, 0.29) is 5.91 Å². The van der Waals surface area contributed by atoms with Crippen LogP contribution >= 0.6 is 11.3 Å². The summed E-state index contributed by atoms with van der Waals surface area (Å²) in [6.07, 6.45) is 0. The van der Waals surface area contributed by atoms with E-state index in [4.69, 9.17) is 16.2 Å². The molecule has 144 valence electrons. The van der Waals surface area contributed by atoms with Crippen LogP contribution in [0.15, 0.2) is 60.0 Å². The van der Waals surface area contributed by atoms with Gasteiger partial charge in [0.1, 0.15) is 0 Å². The maximum atomic E-state index is 12.6. The average Bonchev–Trinajstić information content (AvgIpc) is 3.23. The Kier molecular flexibility index (Phi) is 5.48. The summed E-state index contributed by atoms with van der Waals surface area (Å²) in [5.74, 6) is -0.912. The largest absolute Gasteiger partial charge is 0.397 e. The van der Waals surface area contributed by atoms with Gasteiger partial charge in [-0.05, 0) is 53.8 Å². The quantitative estimate of drug-likeness (QED) is 0.554. The van der Waals surface area contributed by atoms with Crippen molar-refractivity contribution < 1.29 is 14.3 Å². The lowest BCUT2D eigenvalue weighted by atomic mass is 9.94. The standard InChI is InChI=1S/C21H21N3O3S/c1-21(27-2,20(23)26)15-8-5-13(6-9-15)19(25)24-17-12-14(7-10-16(17)22)18-4-3-11-28-18/h3-12H,22H2,1-2H3,(H2,23,26)(H,24,25). The van der Waals surface area contributed by atoms with Gasteiger partial charge < -0.3 is 21.5 Å². The smallest absolute Gasteiger partial charge is 0.255 e. The van der Waals surface area contributed by atoms with E-state index in [9.17, 15) is 9.59 Å². The molecular formula is C21H21N3O3S. The van der Waals surface area contributed by atoms with Gasteiger partial charge in [-0.1, -0.05) is 24.3 Å². The number of primary amides is 1. The summed E-state index contributed by atoms with van der Waals surface area (Å²) in [7, 11) is 1.41. The molecule has 1 unspecified atom stereocenters. The minimum Gasteiger partial charge on any atom is -0.397 e. The molecule has 6 nitrogen and oxygen atoms in total. The number of anilines is 2. The van der Waals surface area contributed by atoms with Gasteiger partial charge in [-0.25, -0.2) is 0 Å². The summed E-state index contributed by atoms with van der Waals surface area (Å²) in [5, 5.41) is 4.83. The predicted molar refractivity (Wildman–Crippen MR) is 112 cm³/mol. The minimum atomic E-state index is -1.26. The van der Waals surface area contributed by atoms with E-state index in [0.717, 1.165) is 10.4 Å². The maximum Gasteiger partial charge on any atom is 0.255 e.